The summed E-state index contributed by atoms with van der Waals surface area (Å²) in [6, 6.07) is 5.98. The Kier molecular flexibility index (Phi) is 4.32. The van der Waals surface area contributed by atoms with Gasteiger partial charge in [0.05, 0.1) is 10.7 Å². The molecule has 0 saturated carbocycles. The van der Waals surface area contributed by atoms with Gasteiger partial charge in [-0.15, -0.1) is 11.3 Å². The van der Waals surface area contributed by atoms with Gasteiger partial charge < -0.3 is 5.32 Å². The van der Waals surface area contributed by atoms with E-state index in [9.17, 15) is 0 Å². The van der Waals surface area contributed by atoms with E-state index in [1.807, 2.05) is 18.2 Å². The number of halogens is 2. The number of benzene rings is 1. The van der Waals surface area contributed by atoms with Crippen LogP contribution in [0.4, 0.5) is 0 Å². The second-order valence-electron chi connectivity index (χ2n) is 4.96. The van der Waals surface area contributed by atoms with Gasteiger partial charge in [-0.3, -0.25) is 0 Å². The maximum atomic E-state index is 6.28. The summed E-state index contributed by atoms with van der Waals surface area (Å²) in [6.07, 6.45) is 3.44. The Morgan fingerprint density at radius 1 is 1.40 bits per heavy atom. The highest BCUT2D eigenvalue weighted by molar-refractivity contribution is 7.15. The predicted octanol–water partition coefficient (Wildman–Crippen LogP) is 5.10. The van der Waals surface area contributed by atoms with Gasteiger partial charge in [0.1, 0.15) is 5.01 Å². The number of hydrogen-bond acceptors (Lipinski definition) is 3. The molecule has 5 heteroatoms. The summed E-state index contributed by atoms with van der Waals surface area (Å²) in [7, 11) is 0. The molecular formula is C15H16Cl2N2S. The third-order valence-corrected chi connectivity index (χ3v) is 5.37. The number of nitrogens with zero attached hydrogens (tertiary/aromatic N) is 1. The first kappa shape index (κ1) is 14.3. The number of nitrogens with one attached hydrogen (secondary N) is 1. The van der Waals surface area contributed by atoms with Crippen molar-refractivity contribution in [3.8, 4) is 10.6 Å². The van der Waals surface area contributed by atoms with E-state index in [0.717, 1.165) is 23.5 Å². The lowest BCUT2D eigenvalue weighted by Gasteiger charge is -2.21. The Balaban J connectivity index is 2.02. The van der Waals surface area contributed by atoms with Crippen LogP contribution in [0.3, 0.4) is 0 Å². The van der Waals surface area contributed by atoms with E-state index in [0.29, 0.717) is 16.1 Å². The quantitative estimate of drug-likeness (QED) is 0.848. The van der Waals surface area contributed by atoms with Crippen molar-refractivity contribution >= 4 is 34.5 Å². The molecule has 0 fully saturated rings. The maximum absolute atomic E-state index is 6.28. The van der Waals surface area contributed by atoms with E-state index in [-0.39, 0.29) is 0 Å². The van der Waals surface area contributed by atoms with Crippen LogP contribution >= 0.6 is 34.5 Å². The second kappa shape index (κ2) is 6.02. The van der Waals surface area contributed by atoms with E-state index < -0.39 is 0 Å². The summed E-state index contributed by atoms with van der Waals surface area (Å²) in [4.78, 5) is 6.16. The van der Waals surface area contributed by atoms with Crippen molar-refractivity contribution in [1.82, 2.24) is 10.3 Å². The van der Waals surface area contributed by atoms with Gasteiger partial charge in [-0.05, 0) is 44.0 Å². The molecule has 0 saturated heterocycles. The van der Waals surface area contributed by atoms with Crippen LogP contribution in [0.5, 0.6) is 0 Å². The van der Waals surface area contributed by atoms with Crippen molar-refractivity contribution in [2.45, 2.75) is 32.2 Å². The van der Waals surface area contributed by atoms with Crippen LogP contribution in [-0.2, 0) is 6.42 Å². The highest BCUT2D eigenvalue weighted by Gasteiger charge is 2.24. The van der Waals surface area contributed by atoms with Gasteiger partial charge in [0.15, 0.2) is 0 Å². The van der Waals surface area contributed by atoms with Gasteiger partial charge in [-0.1, -0.05) is 30.1 Å². The maximum Gasteiger partial charge on any atom is 0.125 e. The molecule has 2 aromatic rings. The Morgan fingerprint density at radius 2 is 2.25 bits per heavy atom. The molecule has 0 amide bonds. The Bertz CT molecular complexity index is 624. The summed E-state index contributed by atoms with van der Waals surface area (Å²) in [5.74, 6) is 0. The first-order valence-corrected chi connectivity index (χ1v) is 8.44. The molecule has 0 aliphatic heterocycles. The molecule has 1 aromatic heterocycles. The molecule has 1 N–H and O–H groups in total. The first-order chi connectivity index (χ1) is 9.69. The summed E-state index contributed by atoms with van der Waals surface area (Å²) in [5.41, 5.74) is 2.16. The van der Waals surface area contributed by atoms with Crippen molar-refractivity contribution in [2.24, 2.45) is 0 Å². The zero-order valence-electron chi connectivity index (χ0n) is 11.2. The van der Waals surface area contributed by atoms with Crippen molar-refractivity contribution in [3.05, 3.63) is 38.8 Å². The topological polar surface area (TPSA) is 24.9 Å². The molecule has 1 unspecified atom stereocenters. The SMILES string of the molecule is CCNC1CCCc2nc(-c3cc(Cl)ccc3Cl)sc21. The number of aryl methyl sites for hydroxylation is 1. The molecule has 1 heterocycles. The summed E-state index contributed by atoms with van der Waals surface area (Å²) < 4.78 is 0. The van der Waals surface area contributed by atoms with E-state index in [1.54, 1.807) is 11.3 Å². The van der Waals surface area contributed by atoms with Crippen molar-refractivity contribution in [3.63, 3.8) is 0 Å². The Labute approximate surface area is 133 Å². The zero-order chi connectivity index (χ0) is 14.1. The Morgan fingerprint density at radius 3 is 3.05 bits per heavy atom. The van der Waals surface area contributed by atoms with Crippen LogP contribution in [0.1, 0.15) is 36.4 Å². The highest BCUT2D eigenvalue weighted by atomic mass is 35.5. The Hall–Kier alpha value is -0.610. The number of rotatable bonds is 3. The van der Waals surface area contributed by atoms with Crippen LogP contribution in [-0.4, -0.2) is 11.5 Å². The van der Waals surface area contributed by atoms with Crippen molar-refractivity contribution < 1.29 is 0 Å². The van der Waals surface area contributed by atoms with Gasteiger partial charge >= 0.3 is 0 Å². The van der Waals surface area contributed by atoms with Gasteiger partial charge in [0, 0.05) is 21.5 Å². The molecule has 1 atom stereocenters. The molecule has 1 aromatic carbocycles. The molecule has 1 aliphatic rings. The van der Waals surface area contributed by atoms with Gasteiger partial charge in [0.25, 0.3) is 0 Å². The minimum Gasteiger partial charge on any atom is -0.309 e. The molecule has 20 heavy (non-hydrogen) atoms. The van der Waals surface area contributed by atoms with Crippen LogP contribution in [0, 0.1) is 0 Å². The van der Waals surface area contributed by atoms with Gasteiger partial charge in [0.2, 0.25) is 0 Å². The van der Waals surface area contributed by atoms with E-state index in [2.05, 4.69) is 12.2 Å². The summed E-state index contributed by atoms with van der Waals surface area (Å²) in [6.45, 7) is 3.12. The van der Waals surface area contributed by atoms with Crippen molar-refractivity contribution in [2.75, 3.05) is 6.54 Å². The van der Waals surface area contributed by atoms with Crippen LogP contribution in [0.15, 0.2) is 18.2 Å². The molecule has 2 nitrogen and oxygen atoms in total. The average Bonchev–Trinajstić information content (AvgIpc) is 2.87. The first-order valence-electron chi connectivity index (χ1n) is 6.87. The molecule has 3 rings (SSSR count). The molecular weight excluding hydrogens is 311 g/mol. The number of fused-ring (bicyclic) bond motifs is 1. The number of thiazole rings is 1. The summed E-state index contributed by atoms with van der Waals surface area (Å²) in [5, 5.41) is 5.93. The van der Waals surface area contributed by atoms with Gasteiger partial charge in [-0.2, -0.15) is 0 Å². The smallest absolute Gasteiger partial charge is 0.125 e. The second-order valence-corrected chi connectivity index (χ2v) is 6.83. The molecule has 106 valence electrons. The fourth-order valence-corrected chi connectivity index (χ4v) is 4.32. The average molecular weight is 327 g/mol. The minimum atomic E-state index is 0.438. The predicted molar refractivity (Wildman–Crippen MR) is 86.9 cm³/mol. The van der Waals surface area contributed by atoms with Gasteiger partial charge in [-0.25, -0.2) is 4.98 Å². The minimum absolute atomic E-state index is 0.438. The molecule has 0 bridgehead atoms. The molecule has 0 spiro atoms. The standard InChI is InChI=1S/C15H16Cl2N2S/c1-2-18-12-4-3-5-13-14(12)20-15(19-13)10-8-9(16)6-7-11(10)17/h6-8,12,18H,2-5H2,1H3. The fraction of sp³-hybridized carbons (Fsp3) is 0.400. The largest absolute Gasteiger partial charge is 0.309 e. The lowest BCUT2D eigenvalue weighted by atomic mass is 9.98. The normalized spacial score (nSPS) is 18.1. The van der Waals surface area contributed by atoms with E-state index >= 15 is 0 Å². The van der Waals surface area contributed by atoms with E-state index in [1.165, 1.54) is 23.4 Å². The van der Waals surface area contributed by atoms with Crippen LogP contribution < -0.4 is 5.32 Å². The summed E-state index contributed by atoms with van der Waals surface area (Å²) >= 11 is 14.1. The lowest BCUT2D eigenvalue weighted by molar-refractivity contribution is 0.476. The fourth-order valence-electron chi connectivity index (χ4n) is 2.64. The molecule has 0 radical (unpaired) electrons. The third-order valence-electron chi connectivity index (χ3n) is 3.56. The highest BCUT2D eigenvalue weighted by Crippen LogP contribution is 2.40. The number of hydrogen-bond donors (Lipinski definition) is 1. The van der Waals surface area contributed by atoms with Crippen molar-refractivity contribution in [1.29, 1.82) is 0 Å². The monoisotopic (exact) mass is 326 g/mol. The molecule has 1 aliphatic carbocycles. The third kappa shape index (κ3) is 2.73. The van der Waals surface area contributed by atoms with Crippen LogP contribution in [0.25, 0.3) is 10.6 Å². The van der Waals surface area contributed by atoms with Crippen LogP contribution in [0.2, 0.25) is 10.0 Å². The lowest BCUT2D eigenvalue weighted by Crippen LogP contribution is -2.23. The number of aromatic nitrogens is 1. The zero-order valence-corrected chi connectivity index (χ0v) is 13.6. The van der Waals surface area contributed by atoms with E-state index in [4.69, 9.17) is 28.2 Å².